The zero-order valence-corrected chi connectivity index (χ0v) is 19.1. The number of anilines is 1. The molecule has 0 radical (unpaired) electrons. The molecule has 0 bridgehead atoms. The number of nitrogens with one attached hydrogen (secondary N) is 2. The Bertz CT molecular complexity index is 1280. The third kappa shape index (κ3) is 5.04. The standard InChI is InChI=1S/C24H24N4O4S/c1-3-28(24-27-19-10-6-7-11-21(19)33-24)22(30)14-32-23(31)20(26-15(2)29)12-16-13-25-18-9-5-4-8-17(16)18/h4-11,13,20,25H,3,12,14H2,1-2H3,(H,26,29). The van der Waals surface area contributed by atoms with Crippen LogP contribution in [0.4, 0.5) is 5.13 Å². The van der Waals surface area contributed by atoms with E-state index < -0.39 is 18.6 Å². The molecule has 0 fully saturated rings. The summed E-state index contributed by atoms with van der Waals surface area (Å²) in [5.74, 6) is -1.39. The number of hydrogen-bond acceptors (Lipinski definition) is 6. The van der Waals surface area contributed by atoms with E-state index in [1.807, 2.05) is 61.7 Å². The van der Waals surface area contributed by atoms with Gasteiger partial charge in [-0.05, 0) is 30.7 Å². The minimum Gasteiger partial charge on any atom is -0.454 e. The van der Waals surface area contributed by atoms with Gasteiger partial charge in [-0.1, -0.05) is 41.7 Å². The van der Waals surface area contributed by atoms with Crippen molar-refractivity contribution in [1.29, 1.82) is 0 Å². The molecule has 2 amide bonds. The molecule has 33 heavy (non-hydrogen) atoms. The van der Waals surface area contributed by atoms with Gasteiger partial charge in [0.1, 0.15) is 6.04 Å². The summed E-state index contributed by atoms with van der Waals surface area (Å²) in [4.78, 5) is 46.5. The highest BCUT2D eigenvalue weighted by atomic mass is 32.1. The highest BCUT2D eigenvalue weighted by molar-refractivity contribution is 7.22. The molecule has 0 saturated carbocycles. The van der Waals surface area contributed by atoms with Gasteiger partial charge < -0.3 is 15.0 Å². The third-order valence-corrected chi connectivity index (χ3v) is 6.29. The molecule has 8 nitrogen and oxygen atoms in total. The largest absolute Gasteiger partial charge is 0.454 e. The smallest absolute Gasteiger partial charge is 0.329 e. The summed E-state index contributed by atoms with van der Waals surface area (Å²) in [6, 6.07) is 14.4. The van der Waals surface area contributed by atoms with Crippen molar-refractivity contribution >= 4 is 55.4 Å². The number of thiazole rings is 1. The molecule has 0 aliphatic rings. The Morgan fingerprint density at radius 1 is 1.15 bits per heavy atom. The lowest BCUT2D eigenvalue weighted by molar-refractivity contribution is -0.151. The minimum atomic E-state index is -0.910. The molecule has 0 aliphatic carbocycles. The number of rotatable bonds is 8. The predicted molar refractivity (Wildman–Crippen MR) is 128 cm³/mol. The molecular weight excluding hydrogens is 440 g/mol. The van der Waals surface area contributed by atoms with E-state index >= 15 is 0 Å². The average molecular weight is 465 g/mol. The van der Waals surface area contributed by atoms with Gasteiger partial charge in [0.25, 0.3) is 5.91 Å². The van der Waals surface area contributed by atoms with Gasteiger partial charge in [-0.25, -0.2) is 9.78 Å². The number of likely N-dealkylation sites (N-methyl/N-ethyl adjacent to an activating group) is 1. The second-order valence-electron chi connectivity index (χ2n) is 7.53. The molecule has 0 aliphatic heterocycles. The van der Waals surface area contributed by atoms with Gasteiger partial charge in [-0.3, -0.25) is 14.5 Å². The number of esters is 1. The zero-order chi connectivity index (χ0) is 23.4. The number of hydrogen-bond donors (Lipinski definition) is 2. The number of fused-ring (bicyclic) bond motifs is 2. The van der Waals surface area contributed by atoms with Crippen LogP contribution in [-0.2, 0) is 25.5 Å². The van der Waals surface area contributed by atoms with Crippen LogP contribution in [0.5, 0.6) is 0 Å². The highest BCUT2D eigenvalue weighted by Gasteiger charge is 2.25. The quantitative estimate of drug-likeness (QED) is 0.389. The first-order valence-electron chi connectivity index (χ1n) is 10.6. The SMILES string of the molecule is CCN(C(=O)COC(=O)C(Cc1c[nH]c2ccccc12)NC(C)=O)c1nc2ccccc2s1. The maximum absolute atomic E-state index is 12.8. The van der Waals surface area contributed by atoms with Gasteiger partial charge >= 0.3 is 5.97 Å². The Morgan fingerprint density at radius 3 is 2.67 bits per heavy atom. The monoisotopic (exact) mass is 464 g/mol. The van der Waals surface area contributed by atoms with Crippen molar-refractivity contribution < 1.29 is 19.1 Å². The fourth-order valence-electron chi connectivity index (χ4n) is 3.66. The lowest BCUT2D eigenvalue weighted by atomic mass is 10.0. The van der Waals surface area contributed by atoms with Crippen LogP contribution in [0, 0.1) is 0 Å². The normalized spacial score (nSPS) is 11.9. The number of carbonyl (C=O) groups is 3. The van der Waals surface area contributed by atoms with E-state index in [-0.39, 0.29) is 18.2 Å². The summed E-state index contributed by atoms with van der Waals surface area (Å²) >= 11 is 1.40. The molecule has 1 atom stereocenters. The van der Waals surface area contributed by atoms with E-state index in [2.05, 4.69) is 15.3 Å². The van der Waals surface area contributed by atoms with Gasteiger partial charge in [-0.15, -0.1) is 0 Å². The van der Waals surface area contributed by atoms with Gasteiger partial charge in [-0.2, -0.15) is 0 Å². The van der Waals surface area contributed by atoms with Gasteiger partial charge in [0, 0.05) is 37.0 Å². The Hall–Kier alpha value is -3.72. The molecule has 0 spiro atoms. The number of para-hydroxylation sites is 2. The van der Waals surface area contributed by atoms with Gasteiger partial charge in [0.15, 0.2) is 11.7 Å². The number of aromatic nitrogens is 2. The van der Waals surface area contributed by atoms with Crippen molar-refractivity contribution in [3.8, 4) is 0 Å². The fourth-order valence-corrected chi connectivity index (χ4v) is 4.71. The number of amides is 2. The van der Waals surface area contributed by atoms with Crippen LogP contribution in [0.15, 0.2) is 54.7 Å². The number of ether oxygens (including phenoxy) is 1. The van der Waals surface area contributed by atoms with E-state index in [4.69, 9.17) is 4.74 Å². The lowest BCUT2D eigenvalue weighted by Crippen LogP contribution is -2.44. The first-order valence-corrected chi connectivity index (χ1v) is 11.4. The van der Waals surface area contributed by atoms with Crippen LogP contribution >= 0.6 is 11.3 Å². The van der Waals surface area contributed by atoms with E-state index in [0.717, 1.165) is 26.7 Å². The number of H-pyrrole nitrogens is 1. The maximum Gasteiger partial charge on any atom is 0.329 e. The summed E-state index contributed by atoms with van der Waals surface area (Å²) in [6.45, 7) is 3.13. The topological polar surface area (TPSA) is 104 Å². The van der Waals surface area contributed by atoms with Crippen molar-refractivity contribution in [3.05, 3.63) is 60.3 Å². The van der Waals surface area contributed by atoms with Crippen molar-refractivity contribution in [2.24, 2.45) is 0 Å². The summed E-state index contributed by atoms with van der Waals surface area (Å²) in [6.07, 6.45) is 2.05. The van der Waals surface area contributed by atoms with Gasteiger partial charge in [0.05, 0.1) is 10.2 Å². The highest BCUT2D eigenvalue weighted by Crippen LogP contribution is 2.28. The first-order chi connectivity index (χ1) is 16.0. The molecule has 2 heterocycles. The average Bonchev–Trinajstić information content (AvgIpc) is 3.41. The number of aromatic amines is 1. The van der Waals surface area contributed by atoms with E-state index in [1.165, 1.54) is 23.2 Å². The van der Waals surface area contributed by atoms with Crippen LogP contribution in [0.3, 0.4) is 0 Å². The summed E-state index contributed by atoms with van der Waals surface area (Å²) < 4.78 is 6.30. The second kappa shape index (κ2) is 9.83. The van der Waals surface area contributed by atoms with Crippen LogP contribution in [-0.4, -0.2) is 46.9 Å². The summed E-state index contributed by atoms with van der Waals surface area (Å²) in [5.41, 5.74) is 2.62. The van der Waals surface area contributed by atoms with Gasteiger partial charge in [0.2, 0.25) is 5.91 Å². The predicted octanol–water partition coefficient (Wildman–Crippen LogP) is 3.42. The molecular formula is C24H24N4O4S. The molecule has 170 valence electrons. The number of carbonyl (C=O) groups excluding carboxylic acids is 3. The summed E-state index contributed by atoms with van der Waals surface area (Å²) in [7, 11) is 0. The number of nitrogens with zero attached hydrogens (tertiary/aromatic N) is 2. The Kier molecular flexibility index (Phi) is 6.69. The molecule has 4 rings (SSSR count). The van der Waals surface area contributed by atoms with Crippen molar-refractivity contribution in [3.63, 3.8) is 0 Å². The molecule has 9 heteroatoms. The Labute approximate surface area is 194 Å². The van der Waals surface area contributed by atoms with Crippen molar-refractivity contribution in [1.82, 2.24) is 15.3 Å². The van der Waals surface area contributed by atoms with E-state index in [0.29, 0.717) is 11.7 Å². The first kappa shape index (κ1) is 22.5. The molecule has 2 aromatic heterocycles. The Morgan fingerprint density at radius 2 is 1.91 bits per heavy atom. The minimum absolute atomic E-state index is 0.242. The van der Waals surface area contributed by atoms with Crippen LogP contribution in [0.2, 0.25) is 0 Å². The van der Waals surface area contributed by atoms with Crippen molar-refractivity contribution in [2.75, 3.05) is 18.1 Å². The third-order valence-electron chi connectivity index (χ3n) is 5.23. The Balaban J connectivity index is 1.44. The van der Waals surface area contributed by atoms with Crippen molar-refractivity contribution in [2.45, 2.75) is 26.3 Å². The van der Waals surface area contributed by atoms with Crippen LogP contribution < -0.4 is 10.2 Å². The lowest BCUT2D eigenvalue weighted by Gasteiger charge is -2.20. The molecule has 4 aromatic rings. The fraction of sp³-hybridized carbons (Fsp3) is 0.250. The zero-order valence-electron chi connectivity index (χ0n) is 18.3. The van der Waals surface area contributed by atoms with E-state index in [9.17, 15) is 14.4 Å². The molecule has 2 aromatic carbocycles. The van der Waals surface area contributed by atoms with Crippen LogP contribution in [0.25, 0.3) is 21.1 Å². The van der Waals surface area contributed by atoms with E-state index in [1.54, 1.807) is 0 Å². The summed E-state index contributed by atoms with van der Waals surface area (Å²) in [5, 5.41) is 4.15. The van der Waals surface area contributed by atoms with Crippen LogP contribution in [0.1, 0.15) is 19.4 Å². The second-order valence-corrected chi connectivity index (χ2v) is 8.54. The molecule has 2 N–H and O–H groups in total. The number of benzene rings is 2. The maximum atomic E-state index is 12.8. The molecule has 1 unspecified atom stereocenters. The molecule has 0 saturated heterocycles.